The maximum Gasteiger partial charge on any atom is 0.238 e. The highest BCUT2D eigenvalue weighted by atomic mass is 32.2. The third kappa shape index (κ3) is 4.10. The first kappa shape index (κ1) is 15.5. The normalized spacial score (nSPS) is 15.2. The summed E-state index contributed by atoms with van der Waals surface area (Å²) in [5.41, 5.74) is 12.0. The summed E-state index contributed by atoms with van der Waals surface area (Å²) < 4.78 is 13.1. The Hall–Kier alpha value is -2.35. The Morgan fingerprint density at radius 2 is 1.83 bits per heavy atom. The number of nitrogens with zero attached hydrogens (tertiary/aromatic N) is 2. The number of carbonyl (C=O) groups is 1. The van der Waals surface area contributed by atoms with E-state index in [1.54, 1.807) is 12.1 Å². The zero-order valence-corrected chi connectivity index (χ0v) is 13.0. The van der Waals surface area contributed by atoms with Crippen LogP contribution in [0.2, 0.25) is 0 Å². The molecule has 1 amide bonds. The highest BCUT2D eigenvalue weighted by Gasteiger charge is 2.29. The Balaban J connectivity index is 1.87. The van der Waals surface area contributed by atoms with Gasteiger partial charge in [0.15, 0.2) is 5.16 Å². The van der Waals surface area contributed by atoms with Gasteiger partial charge in [0.25, 0.3) is 0 Å². The number of carbonyl (C=O) groups excluding carboxylic acids is 1. The molecule has 1 unspecified atom stereocenters. The largest absolute Gasteiger partial charge is 0.383 e. The van der Waals surface area contributed by atoms with Crippen LogP contribution in [0, 0.1) is 5.82 Å². The molecular formula is C15H16FN5OS. The third-order valence-corrected chi connectivity index (χ3v) is 4.42. The first-order valence-electron chi connectivity index (χ1n) is 7.14. The molecule has 3 rings (SSSR count). The van der Waals surface area contributed by atoms with Gasteiger partial charge in [-0.15, -0.1) is 0 Å². The second kappa shape index (κ2) is 6.41. The maximum absolute atomic E-state index is 13.1. The lowest BCUT2D eigenvalue weighted by Gasteiger charge is -2.16. The van der Waals surface area contributed by atoms with Gasteiger partial charge in [0.1, 0.15) is 22.7 Å². The van der Waals surface area contributed by atoms with Crippen molar-refractivity contribution in [2.24, 2.45) is 0 Å². The number of nitrogens with one attached hydrogen (secondary N) is 1. The molecule has 1 aliphatic carbocycles. The fraction of sp³-hybridized carbons (Fsp3) is 0.267. The van der Waals surface area contributed by atoms with Gasteiger partial charge < -0.3 is 16.8 Å². The van der Waals surface area contributed by atoms with Crippen LogP contribution in [-0.2, 0) is 4.79 Å². The molecule has 8 heteroatoms. The molecule has 0 spiro atoms. The number of benzene rings is 1. The molecule has 1 aromatic carbocycles. The second-order valence-electron chi connectivity index (χ2n) is 5.33. The van der Waals surface area contributed by atoms with Crippen molar-refractivity contribution in [3.05, 3.63) is 41.7 Å². The van der Waals surface area contributed by atoms with Gasteiger partial charge in [0.05, 0.1) is 0 Å². The average Bonchev–Trinajstić information content (AvgIpc) is 3.29. The number of hydrogen-bond donors (Lipinski definition) is 3. The summed E-state index contributed by atoms with van der Waals surface area (Å²) in [6.45, 7) is 0. The quantitative estimate of drug-likeness (QED) is 0.570. The van der Waals surface area contributed by atoms with E-state index in [0.29, 0.717) is 10.7 Å². The Kier molecular flexibility index (Phi) is 4.33. The molecule has 0 radical (unpaired) electrons. The van der Waals surface area contributed by atoms with E-state index in [-0.39, 0.29) is 29.4 Å². The van der Waals surface area contributed by atoms with Gasteiger partial charge in [-0.3, -0.25) is 4.79 Å². The van der Waals surface area contributed by atoms with Crippen LogP contribution in [0.4, 0.5) is 16.0 Å². The molecule has 2 aromatic rings. The van der Waals surface area contributed by atoms with Crippen LogP contribution in [0.25, 0.3) is 0 Å². The number of thioether (sulfide) groups is 1. The molecule has 0 aliphatic heterocycles. The molecule has 120 valence electrons. The number of nitrogens with two attached hydrogens (primary N) is 2. The standard InChI is InChI=1S/C15H16FN5OS/c16-9-3-1-8(2-4-9)13(14(22)19-10-5-6-10)23-15-20-11(17)7-12(18)21-15/h1-4,7,10,13H,5-6H2,(H,19,22)(H4,17,18,20,21). The number of halogens is 1. The molecule has 1 atom stereocenters. The Morgan fingerprint density at radius 1 is 1.22 bits per heavy atom. The fourth-order valence-electron chi connectivity index (χ4n) is 2.04. The molecule has 1 heterocycles. The minimum Gasteiger partial charge on any atom is -0.383 e. The summed E-state index contributed by atoms with van der Waals surface area (Å²) in [6.07, 6.45) is 1.96. The predicted octanol–water partition coefficient (Wildman–Crippen LogP) is 1.89. The van der Waals surface area contributed by atoms with Crippen LogP contribution in [0.5, 0.6) is 0 Å². The highest BCUT2D eigenvalue weighted by Crippen LogP contribution is 2.35. The lowest BCUT2D eigenvalue weighted by molar-refractivity contribution is -0.120. The van der Waals surface area contributed by atoms with E-state index in [1.165, 1.54) is 18.2 Å². The van der Waals surface area contributed by atoms with Gasteiger partial charge in [0, 0.05) is 12.1 Å². The minimum absolute atomic E-state index is 0.159. The Morgan fingerprint density at radius 3 is 2.39 bits per heavy atom. The molecule has 1 saturated carbocycles. The van der Waals surface area contributed by atoms with Gasteiger partial charge in [0.2, 0.25) is 5.91 Å². The molecule has 1 aliphatic rings. The smallest absolute Gasteiger partial charge is 0.238 e. The molecule has 5 N–H and O–H groups in total. The average molecular weight is 333 g/mol. The maximum atomic E-state index is 13.1. The summed E-state index contributed by atoms with van der Waals surface area (Å²) in [6, 6.07) is 7.47. The van der Waals surface area contributed by atoms with Crippen molar-refractivity contribution < 1.29 is 9.18 Å². The number of nitrogen functional groups attached to an aromatic ring is 2. The van der Waals surface area contributed by atoms with Gasteiger partial charge in [-0.25, -0.2) is 14.4 Å². The van der Waals surface area contributed by atoms with Gasteiger partial charge in [-0.05, 0) is 30.5 Å². The molecule has 0 bridgehead atoms. The first-order chi connectivity index (χ1) is 11.0. The van der Waals surface area contributed by atoms with E-state index in [1.807, 2.05) is 0 Å². The van der Waals surface area contributed by atoms with Crippen molar-refractivity contribution in [3.63, 3.8) is 0 Å². The van der Waals surface area contributed by atoms with E-state index in [2.05, 4.69) is 15.3 Å². The van der Waals surface area contributed by atoms with E-state index in [4.69, 9.17) is 11.5 Å². The summed E-state index contributed by atoms with van der Waals surface area (Å²) in [5.74, 6) is -0.0424. The van der Waals surface area contributed by atoms with Crippen LogP contribution < -0.4 is 16.8 Å². The van der Waals surface area contributed by atoms with Crippen LogP contribution in [-0.4, -0.2) is 21.9 Å². The zero-order chi connectivity index (χ0) is 16.4. The monoisotopic (exact) mass is 333 g/mol. The van der Waals surface area contributed by atoms with Gasteiger partial charge in [-0.1, -0.05) is 23.9 Å². The fourth-order valence-corrected chi connectivity index (χ4v) is 3.03. The van der Waals surface area contributed by atoms with Crippen molar-refractivity contribution in [1.82, 2.24) is 15.3 Å². The van der Waals surface area contributed by atoms with Crippen molar-refractivity contribution in [2.45, 2.75) is 29.3 Å². The number of anilines is 2. The molecule has 0 saturated heterocycles. The lowest BCUT2D eigenvalue weighted by Crippen LogP contribution is -2.29. The van der Waals surface area contributed by atoms with Crippen molar-refractivity contribution in [3.8, 4) is 0 Å². The minimum atomic E-state index is -0.600. The van der Waals surface area contributed by atoms with E-state index in [9.17, 15) is 9.18 Å². The zero-order valence-electron chi connectivity index (χ0n) is 12.2. The molecular weight excluding hydrogens is 317 g/mol. The number of hydrogen-bond acceptors (Lipinski definition) is 6. The predicted molar refractivity (Wildman–Crippen MR) is 87.0 cm³/mol. The first-order valence-corrected chi connectivity index (χ1v) is 8.02. The molecule has 1 aromatic heterocycles. The number of amides is 1. The number of rotatable bonds is 5. The van der Waals surface area contributed by atoms with Crippen LogP contribution in [0.15, 0.2) is 35.5 Å². The summed E-state index contributed by atoms with van der Waals surface area (Å²) in [7, 11) is 0. The Labute approximate surface area is 136 Å². The molecule has 1 fully saturated rings. The van der Waals surface area contributed by atoms with Gasteiger partial charge in [-0.2, -0.15) is 0 Å². The van der Waals surface area contributed by atoms with Crippen molar-refractivity contribution in [2.75, 3.05) is 11.5 Å². The van der Waals surface area contributed by atoms with Crippen molar-refractivity contribution >= 4 is 29.3 Å². The summed E-state index contributed by atoms with van der Waals surface area (Å²) >= 11 is 1.14. The molecule has 6 nitrogen and oxygen atoms in total. The topological polar surface area (TPSA) is 107 Å². The lowest BCUT2D eigenvalue weighted by atomic mass is 10.1. The summed E-state index contributed by atoms with van der Waals surface area (Å²) in [5, 5.41) is 2.65. The van der Waals surface area contributed by atoms with Gasteiger partial charge >= 0.3 is 0 Å². The van der Waals surface area contributed by atoms with Crippen LogP contribution in [0.1, 0.15) is 23.7 Å². The second-order valence-corrected chi connectivity index (χ2v) is 6.40. The van der Waals surface area contributed by atoms with E-state index >= 15 is 0 Å². The molecule has 23 heavy (non-hydrogen) atoms. The van der Waals surface area contributed by atoms with Crippen LogP contribution in [0.3, 0.4) is 0 Å². The van der Waals surface area contributed by atoms with Crippen LogP contribution >= 0.6 is 11.8 Å². The van der Waals surface area contributed by atoms with Crippen molar-refractivity contribution in [1.29, 1.82) is 0 Å². The van der Waals surface area contributed by atoms with E-state index < -0.39 is 5.25 Å². The third-order valence-electron chi connectivity index (χ3n) is 3.30. The summed E-state index contributed by atoms with van der Waals surface area (Å²) in [4.78, 5) is 20.7. The SMILES string of the molecule is Nc1cc(N)nc(SC(C(=O)NC2CC2)c2ccc(F)cc2)n1. The Bertz CT molecular complexity index is 700. The number of aromatic nitrogens is 2. The van der Waals surface area contributed by atoms with E-state index in [0.717, 1.165) is 24.6 Å². The highest BCUT2D eigenvalue weighted by molar-refractivity contribution is 8.00.